The fraction of sp³-hybridized carbons (Fsp3) is 0.174. The number of fused-ring (bicyclic) bond motifs is 3. The molecule has 1 aromatic heterocycles. The number of nitrogens with one attached hydrogen (secondary N) is 2. The molecule has 0 bridgehead atoms. The van der Waals surface area contributed by atoms with Gasteiger partial charge >= 0.3 is 0 Å². The van der Waals surface area contributed by atoms with Gasteiger partial charge in [0.1, 0.15) is 22.4 Å². The number of sulfonamides is 1. The van der Waals surface area contributed by atoms with Crippen molar-refractivity contribution in [3.05, 3.63) is 70.9 Å². The summed E-state index contributed by atoms with van der Waals surface area (Å²) in [5.74, 6) is -0.0462. The number of anilines is 3. The van der Waals surface area contributed by atoms with Crippen LogP contribution in [0, 0.1) is 18.6 Å². The summed E-state index contributed by atoms with van der Waals surface area (Å²) in [7, 11) is -2.63. The molecule has 2 N–H and O–H groups in total. The summed E-state index contributed by atoms with van der Waals surface area (Å²) in [5, 5.41) is 2.90. The van der Waals surface area contributed by atoms with E-state index in [1.807, 2.05) is 4.90 Å². The van der Waals surface area contributed by atoms with Crippen LogP contribution in [-0.4, -0.2) is 44.4 Å². The molecule has 0 amide bonds. The van der Waals surface area contributed by atoms with E-state index in [0.717, 1.165) is 12.1 Å². The molecular weight excluding hydrogens is 462 g/mol. The first-order valence-electron chi connectivity index (χ1n) is 10.5. The molecule has 0 unspecified atom stereocenters. The van der Waals surface area contributed by atoms with E-state index in [2.05, 4.69) is 25.0 Å². The minimum Gasteiger partial charge on any atom is -0.357 e. The van der Waals surface area contributed by atoms with Gasteiger partial charge in [-0.25, -0.2) is 22.2 Å². The Bertz CT molecular complexity index is 1490. The molecule has 34 heavy (non-hydrogen) atoms. The molecule has 0 fully saturated rings. The van der Waals surface area contributed by atoms with Crippen molar-refractivity contribution in [3.8, 4) is 0 Å². The van der Waals surface area contributed by atoms with Crippen molar-refractivity contribution in [2.24, 2.45) is 4.99 Å². The number of amidine groups is 1. The Balaban J connectivity index is 1.62. The van der Waals surface area contributed by atoms with Gasteiger partial charge in [-0.2, -0.15) is 4.98 Å². The summed E-state index contributed by atoms with van der Waals surface area (Å²) in [6.45, 7) is 2.80. The van der Waals surface area contributed by atoms with Crippen molar-refractivity contribution in [2.45, 2.75) is 11.8 Å². The number of hydrogen-bond donors (Lipinski definition) is 2. The van der Waals surface area contributed by atoms with Crippen molar-refractivity contribution < 1.29 is 17.2 Å². The molecule has 0 radical (unpaired) electrons. The highest BCUT2D eigenvalue weighted by Gasteiger charge is 2.33. The molecule has 5 rings (SSSR count). The standard InChI is InChI=1S/C23H20F2N6O2S/c1-13-7-8-17(30-34(32,33)18-6-4-3-5-16(18)24)20(25)19(13)15-11-14-12-28-23(26-2)29-21(14)31-10-9-27-22(15)31/h3-8,11-12,30H,9-10H2,1-2H3,(H,26,28,29). The van der Waals surface area contributed by atoms with E-state index in [-0.39, 0.29) is 11.3 Å². The Kier molecular flexibility index (Phi) is 5.28. The van der Waals surface area contributed by atoms with Gasteiger partial charge in [0.2, 0.25) is 5.95 Å². The highest BCUT2D eigenvalue weighted by Crippen LogP contribution is 2.38. The third kappa shape index (κ3) is 3.58. The number of hydrogen-bond acceptors (Lipinski definition) is 7. The lowest BCUT2D eigenvalue weighted by Gasteiger charge is -2.28. The number of benzene rings is 2. The predicted molar refractivity (Wildman–Crippen MR) is 127 cm³/mol. The highest BCUT2D eigenvalue weighted by molar-refractivity contribution is 7.92. The van der Waals surface area contributed by atoms with Gasteiger partial charge in [-0.15, -0.1) is 0 Å². The van der Waals surface area contributed by atoms with Gasteiger partial charge in [0.15, 0.2) is 5.82 Å². The summed E-state index contributed by atoms with van der Waals surface area (Å²) in [6, 6.07) is 7.85. The van der Waals surface area contributed by atoms with Gasteiger partial charge in [0.25, 0.3) is 10.0 Å². The van der Waals surface area contributed by atoms with E-state index in [0.29, 0.717) is 47.4 Å². The van der Waals surface area contributed by atoms with E-state index in [1.165, 1.54) is 18.2 Å². The maximum absolute atomic E-state index is 15.8. The summed E-state index contributed by atoms with van der Waals surface area (Å²) in [6.07, 6.45) is 3.39. The molecule has 0 spiro atoms. The van der Waals surface area contributed by atoms with Crippen LogP contribution in [0.5, 0.6) is 0 Å². The predicted octanol–water partition coefficient (Wildman–Crippen LogP) is 3.68. The van der Waals surface area contributed by atoms with Crippen LogP contribution in [0.2, 0.25) is 0 Å². The minimum absolute atomic E-state index is 0.197. The smallest absolute Gasteiger partial charge is 0.264 e. The quantitative estimate of drug-likeness (QED) is 0.576. The molecule has 11 heteroatoms. The van der Waals surface area contributed by atoms with Gasteiger partial charge in [0.05, 0.1) is 12.2 Å². The molecule has 0 saturated heterocycles. The van der Waals surface area contributed by atoms with Crippen LogP contribution in [0.4, 0.5) is 26.2 Å². The molecular formula is C23H20F2N6O2S. The lowest BCUT2D eigenvalue weighted by Crippen LogP contribution is -2.33. The van der Waals surface area contributed by atoms with Crippen LogP contribution < -0.4 is 14.9 Å². The molecule has 2 aliphatic rings. The number of aromatic nitrogens is 2. The summed E-state index contributed by atoms with van der Waals surface area (Å²) >= 11 is 0. The van der Waals surface area contributed by atoms with Crippen molar-refractivity contribution in [3.63, 3.8) is 0 Å². The second-order valence-corrected chi connectivity index (χ2v) is 9.44. The van der Waals surface area contributed by atoms with Gasteiger partial charge < -0.3 is 10.2 Å². The fourth-order valence-corrected chi connectivity index (χ4v) is 5.19. The van der Waals surface area contributed by atoms with Gasteiger partial charge in [-0.3, -0.25) is 9.71 Å². The normalized spacial score (nSPS) is 14.8. The van der Waals surface area contributed by atoms with E-state index in [1.54, 1.807) is 32.3 Å². The van der Waals surface area contributed by atoms with Crippen LogP contribution in [0.15, 0.2) is 52.5 Å². The Morgan fingerprint density at radius 2 is 1.91 bits per heavy atom. The second kappa shape index (κ2) is 8.17. The molecule has 2 aliphatic heterocycles. The van der Waals surface area contributed by atoms with E-state index >= 15 is 4.39 Å². The van der Waals surface area contributed by atoms with Gasteiger partial charge in [0, 0.05) is 36.5 Å². The molecule has 3 heterocycles. The SMILES string of the molecule is CNc1ncc2c(n1)N1CCN=C1C(c1c(C)ccc(NS(=O)(=O)c3ccccc3F)c1F)=C2. The number of rotatable bonds is 5. The third-order valence-electron chi connectivity index (χ3n) is 5.65. The first-order chi connectivity index (χ1) is 16.3. The second-order valence-electron chi connectivity index (χ2n) is 7.79. The Morgan fingerprint density at radius 3 is 2.68 bits per heavy atom. The first kappa shape index (κ1) is 22.0. The summed E-state index contributed by atoms with van der Waals surface area (Å²) in [5.41, 5.74) is 1.67. The zero-order chi connectivity index (χ0) is 24.0. The molecule has 3 aromatic rings. The van der Waals surface area contributed by atoms with Crippen LogP contribution in [0.25, 0.3) is 11.6 Å². The van der Waals surface area contributed by atoms with Crippen molar-refractivity contribution in [2.75, 3.05) is 35.1 Å². The number of aliphatic imine (C=N–C) groups is 1. The largest absolute Gasteiger partial charge is 0.357 e. The van der Waals surface area contributed by atoms with Crippen LogP contribution in [0.3, 0.4) is 0 Å². The number of nitrogens with zero attached hydrogens (tertiary/aromatic N) is 4. The minimum atomic E-state index is -4.35. The van der Waals surface area contributed by atoms with Crippen LogP contribution in [0.1, 0.15) is 16.7 Å². The topological polar surface area (TPSA) is 99.6 Å². The lowest BCUT2D eigenvalue weighted by atomic mass is 9.94. The maximum atomic E-state index is 15.8. The maximum Gasteiger partial charge on any atom is 0.264 e. The number of aryl methyl sites for hydroxylation is 1. The molecule has 0 saturated carbocycles. The first-order valence-corrected chi connectivity index (χ1v) is 11.9. The highest BCUT2D eigenvalue weighted by atomic mass is 32.2. The molecule has 8 nitrogen and oxygen atoms in total. The monoisotopic (exact) mass is 482 g/mol. The van der Waals surface area contributed by atoms with Crippen LogP contribution in [-0.2, 0) is 10.0 Å². The Hall–Kier alpha value is -3.86. The van der Waals surface area contributed by atoms with Crippen LogP contribution >= 0.6 is 0 Å². The summed E-state index contributed by atoms with van der Waals surface area (Å²) in [4.78, 5) is 14.6. The van der Waals surface area contributed by atoms with Crippen molar-refractivity contribution in [1.29, 1.82) is 0 Å². The van der Waals surface area contributed by atoms with Crippen molar-refractivity contribution in [1.82, 2.24) is 9.97 Å². The van der Waals surface area contributed by atoms with E-state index in [9.17, 15) is 12.8 Å². The molecule has 0 aliphatic carbocycles. The molecule has 174 valence electrons. The lowest BCUT2D eigenvalue weighted by molar-refractivity contribution is 0.569. The van der Waals surface area contributed by atoms with E-state index < -0.39 is 26.6 Å². The average Bonchev–Trinajstić information content (AvgIpc) is 3.31. The average molecular weight is 483 g/mol. The fourth-order valence-electron chi connectivity index (χ4n) is 4.05. The van der Waals surface area contributed by atoms with Gasteiger partial charge in [-0.1, -0.05) is 18.2 Å². The zero-order valence-electron chi connectivity index (χ0n) is 18.3. The van der Waals surface area contributed by atoms with Gasteiger partial charge in [-0.05, 0) is 36.8 Å². The zero-order valence-corrected chi connectivity index (χ0v) is 19.1. The third-order valence-corrected chi connectivity index (χ3v) is 7.05. The van der Waals surface area contributed by atoms with Crippen molar-refractivity contribution >= 4 is 45.0 Å². The number of halogens is 2. The Labute approximate surface area is 195 Å². The molecule has 2 aromatic carbocycles. The Morgan fingerprint density at radius 1 is 1.12 bits per heavy atom. The molecule has 0 atom stereocenters. The summed E-state index contributed by atoms with van der Waals surface area (Å²) < 4.78 is 57.7. The van der Waals surface area contributed by atoms with E-state index in [4.69, 9.17) is 0 Å².